The standard InChI is InChI=1S/C25H22BrN5O2S/c1-31-24(19-9-3-2-4-10-19)29-30-25(31)34-17-23(32)28-27-15-20-11-5-6-13-22(20)33-16-18-8-7-12-21(26)14-18/h2-15H,16-17H2,1H3,(H,28,32)/b27-15-. The molecule has 0 saturated heterocycles. The molecule has 0 aliphatic heterocycles. The Hall–Kier alpha value is -3.43. The SMILES string of the molecule is Cn1c(SCC(=O)N/N=C\c2ccccc2OCc2cccc(Br)c2)nnc1-c1ccccc1. The summed E-state index contributed by atoms with van der Waals surface area (Å²) in [6.45, 7) is 0.427. The third-order valence-corrected chi connectivity index (χ3v) is 6.31. The summed E-state index contributed by atoms with van der Waals surface area (Å²) in [6, 6.07) is 25.3. The number of hydrazone groups is 1. The lowest BCUT2D eigenvalue weighted by molar-refractivity contribution is -0.118. The van der Waals surface area contributed by atoms with Crippen molar-refractivity contribution in [3.8, 4) is 17.1 Å². The summed E-state index contributed by atoms with van der Waals surface area (Å²) in [4.78, 5) is 12.3. The number of amides is 1. The fourth-order valence-corrected chi connectivity index (χ4v) is 4.27. The number of rotatable bonds is 9. The molecule has 172 valence electrons. The van der Waals surface area contributed by atoms with Crippen LogP contribution in [0.15, 0.2) is 93.6 Å². The van der Waals surface area contributed by atoms with Gasteiger partial charge in [-0.1, -0.05) is 82.3 Å². The molecule has 34 heavy (non-hydrogen) atoms. The minimum absolute atomic E-state index is 0.166. The molecule has 0 unspecified atom stereocenters. The van der Waals surface area contributed by atoms with Crippen molar-refractivity contribution >= 4 is 39.8 Å². The molecule has 0 spiro atoms. The summed E-state index contributed by atoms with van der Waals surface area (Å²) in [5.41, 5.74) is 5.35. The molecule has 1 amide bonds. The van der Waals surface area contributed by atoms with Crippen LogP contribution in [-0.2, 0) is 18.4 Å². The van der Waals surface area contributed by atoms with Crippen molar-refractivity contribution in [2.45, 2.75) is 11.8 Å². The Morgan fingerprint density at radius 2 is 1.88 bits per heavy atom. The number of para-hydroxylation sites is 1. The van der Waals surface area contributed by atoms with Crippen LogP contribution in [0.1, 0.15) is 11.1 Å². The van der Waals surface area contributed by atoms with Gasteiger partial charge in [0.25, 0.3) is 5.91 Å². The van der Waals surface area contributed by atoms with E-state index in [1.165, 1.54) is 11.8 Å². The first-order valence-electron chi connectivity index (χ1n) is 10.5. The van der Waals surface area contributed by atoms with Gasteiger partial charge in [-0.2, -0.15) is 5.10 Å². The van der Waals surface area contributed by atoms with Crippen molar-refractivity contribution in [1.82, 2.24) is 20.2 Å². The van der Waals surface area contributed by atoms with E-state index < -0.39 is 0 Å². The Morgan fingerprint density at radius 1 is 1.09 bits per heavy atom. The number of carbonyl (C=O) groups is 1. The zero-order valence-electron chi connectivity index (χ0n) is 18.4. The van der Waals surface area contributed by atoms with Gasteiger partial charge >= 0.3 is 0 Å². The van der Waals surface area contributed by atoms with E-state index in [0.717, 1.165) is 27.0 Å². The Labute approximate surface area is 210 Å². The molecule has 7 nitrogen and oxygen atoms in total. The molecule has 1 aromatic heterocycles. The summed E-state index contributed by atoms with van der Waals surface area (Å²) in [7, 11) is 1.88. The molecule has 1 heterocycles. The van der Waals surface area contributed by atoms with Crippen LogP contribution in [0.5, 0.6) is 5.75 Å². The van der Waals surface area contributed by atoms with Gasteiger partial charge in [0.15, 0.2) is 11.0 Å². The third-order valence-electron chi connectivity index (χ3n) is 4.79. The highest BCUT2D eigenvalue weighted by Gasteiger charge is 2.12. The van der Waals surface area contributed by atoms with Crippen molar-refractivity contribution in [2.24, 2.45) is 12.1 Å². The molecule has 0 bridgehead atoms. The van der Waals surface area contributed by atoms with Crippen molar-refractivity contribution in [2.75, 3.05) is 5.75 Å². The molecule has 0 fully saturated rings. The van der Waals surface area contributed by atoms with Crippen LogP contribution in [0.2, 0.25) is 0 Å². The fourth-order valence-electron chi connectivity index (χ4n) is 3.12. The Balaban J connectivity index is 1.30. The van der Waals surface area contributed by atoms with Crippen molar-refractivity contribution in [1.29, 1.82) is 0 Å². The zero-order valence-corrected chi connectivity index (χ0v) is 20.8. The smallest absolute Gasteiger partial charge is 0.250 e. The largest absolute Gasteiger partial charge is 0.488 e. The predicted molar refractivity (Wildman–Crippen MR) is 138 cm³/mol. The van der Waals surface area contributed by atoms with E-state index in [1.54, 1.807) is 6.21 Å². The van der Waals surface area contributed by atoms with E-state index in [4.69, 9.17) is 4.74 Å². The summed E-state index contributed by atoms with van der Waals surface area (Å²) >= 11 is 4.77. The van der Waals surface area contributed by atoms with Crippen LogP contribution in [0, 0.1) is 0 Å². The second-order valence-electron chi connectivity index (χ2n) is 7.27. The van der Waals surface area contributed by atoms with Gasteiger partial charge in [-0.3, -0.25) is 4.79 Å². The van der Waals surface area contributed by atoms with Crippen LogP contribution < -0.4 is 10.2 Å². The van der Waals surface area contributed by atoms with Gasteiger partial charge in [0.1, 0.15) is 12.4 Å². The van der Waals surface area contributed by atoms with Gasteiger partial charge in [-0.25, -0.2) is 5.43 Å². The zero-order chi connectivity index (χ0) is 23.8. The van der Waals surface area contributed by atoms with Crippen LogP contribution in [0.3, 0.4) is 0 Å². The number of ether oxygens (including phenoxy) is 1. The number of carbonyl (C=O) groups excluding carboxylic acids is 1. The van der Waals surface area contributed by atoms with E-state index in [0.29, 0.717) is 17.5 Å². The lowest BCUT2D eigenvalue weighted by Gasteiger charge is -2.09. The highest BCUT2D eigenvalue weighted by atomic mass is 79.9. The van der Waals surface area contributed by atoms with E-state index in [9.17, 15) is 4.79 Å². The normalized spacial score (nSPS) is 11.0. The molecular formula is C25H22BrN5O2S. The molecule has 0 atom stereocenters. The molecule has 0 aliphatic carbocycles. The molecule has 9 heteroatoms. The second-order valence-corrected chi connectivity index (χ2v) is 9.13. The maximum atomic E-state index is 12.3. The predicted octanol–water partition coefficient (Wildman–Crippen LogP) is 5.07. The Kier molecular flexibility index (Phi) is 8.11. The maximum absolute atomic E-state index is 12.3. The lowest BCUT2D eigenvalue weighted by Crippen LogP contribution is -2.20. The third kappa shape index (κ3) is 6.33. The molecule has 0 saturated carbocycles. The van der Waals surface area contributed by atoms with Gasteiger partial charge in [0, 0.05) is 22.6 Å². The van der Waals surface area contributed by atoms with Gasteiger partial charge in [-0.15, -0.1) is 10.2 Å². The molecule has 0 aliphatic rings. The molecule has 4 aromatic rings. The summed E-state index contributed by atoms with van der Waals surface area (Å²) in [5, 5.41) is 13.2. The Morgan fingerprint density at radius 3 is 2.71 bits per heavy atom. The first kappa shape index (κ1) is 23.7. The number of nitrogens with one attached hydrogen (secondary N) is 1. The average Bonchev–Trinajstić information content (AvgIpc) is 3.23. The van der Waals surface area contributed by atoms with Gasteiger partial charge in [0.2, 0.25) is 0 Å². The summed E-state index contributed by atoms with van der Waals surface area (Å²) in [5.74, 6) is 1.36. The average molecular weight is 536 g/mol. The van der Waals surface area contributed by atoms with E-state index in [1.807, 2.05) is 90.5 Å². The number of halogens is 1. The lowest BCUT2D eigenvalue weighted by atomic mass is 10.2. The van der Waals surface area contributed by atoms with Crippen LogP contribution >= 0.6 is 27.7 Å². The number of hydrogen-bond donors (Lipinski definition) is 1. The molecular weight excluding hydrogens is 514 g/mol. The van der Waals surface area contributed by atoms with Crippen molar-refractivity contribution < 1.29 is 9.53 Å². The molecule has 0 radical (unpaired) electrons. The van der Waals surface area contributed by atoms with Gasteiger partial charge in [-0.05, 0) is 29.8 Å². The number of nitrogens with zero attached hydrogens (tertiary/aromatic N) is 4. The van der Waals surface area contributed by atoms with Gasteiger partial charge in [0.05, 0.1) is 12.0 Å². The van der Waals surface area contributed by atoms with Crippen molar-refractivity contribution in [3.63, 3.8) is 0 Å². The van der Waals surface area contributed by atoms with E-state index in [2.05, 4.69) is 36.7 Å². The molecule has 4 rings (SSSR count). The number of benzene rings is 3. The number of hydrogen-bond acceptors (Lipinski definition) is 6. The number of aromatic nitrogens is 3. The first-order valence-corrected chi connectivity index (χ1v) is 12.2. The van der Waals surface area contributed by atoms with Crippen LogP contribution in [-0.4, -0.2) is 32.6 Å². The Bertz CT molecular complexity index is 1290. The minimum Gasteiger partial charge on any atom is -0.488 e. The van der Waals surface area contributed by atoms with Gasteiger partial charge < -0.3 is 9.30 Å². The topological polar surface area (TPSA) is 81.4 Å². The quantitative estimate of drug-likeness (QED) is 0.184. The monoisotopic (exact) mass is 535 g/mol. The summed E-state index contributed by atoms with van der Waals surface area (Å²) in [6.07, 6.45) is 1.58. The van der Waals surface area contributed by atoms with Crippen LogP contribution in [0.4, 0.5) is 0 Å². The highest BCUT2D eigenvalue weighted by molar-refractivity contribution is 9.10. The van der Waals surface area contributed by atoms with Crippen molar-refractivity contribution in [3.05, 3.63) is 94.5 Å². The fraction of sp³-hybridized carbons (Fsp3) is 0.120. The van der Waals surface area contributed by atoms with Crippen LogP contribution in [0.25, 0.3) is 11.4 Å². The maximum Gasteiger partial charge on any atom is 0.250 e. The van der Waals surface area contributed by atoms with E-state index in [-0.39, 0.29) is 11.7 Å². The first-order chi connectivity index (χ1) is 16.6. The second kappa shape index (κ2) is 11.6. The minimum atomic E-state index is -0.238. The summed E-state index contributed by atoms with van der Waals surface area (Å²) < 4.78 is 8.82. The highest BCUT2D eigenvalue weighted by Crippen LogP contribution is 2.22. The number of thioether (sulfide) groups is 1. The molecule has 3 aromatic carbocycles. The molecule has 1 N–H and O–H groups in total. The van der Waals surface area contributed by atoms with E-state index >= 15 is 0 Å².